The number of rotatable bonds is 4. The maximum atomic E-state index is 13.2. The van der Waals surface area contributed by atoms with Gasteiger partial charge in [0.15, 0.2) is 0 Å². The predicted octanol–water partition coefficient (Wildman–Crippen LogP) is 4.38. The molecule has 0 bridgehead atoms. The first-order valence-corrected chi connectivity index (χ1v) is 6.58. The van der Waals surface area contributed by atoms with E-state index in [0.29, 0.717) is 15.8 Å². The van der Waals surface area contributed by atoms with Crippen molar-refractivity contribution in [1.82, 2.24) is 0 Å². The highest BCUT2D eigenvalue weighted by atomic mass is 79.9. The molecule has 104 valence electrons. The van der Waals surface area contributed by atoms with Gasteiger partial charge in [0.1, 0.15) is 18.2 Å². The fourth-order valence-electron chi connectivity index (χ4n) is 1.71. The molecule has 0 atom stereocenters. The van der Waals surface area contributed by atoms with Crippen molar-refractivity contribution < 1.29 is 14.1 Å². The van der Waals surface area contributed by atoms with Crippen molar-refractivity contribution in [2.45, 2.75) is 13.5 Å². The Morgan fingerprint density at radius 3 is 2.70 bits per heavy atom. The Morgan fingerprint density at radius 1 is 1.30 bits per heavy atom. The van der Waals surface area contributed by atoms with Gasteiger partial charge in [0.05, 0.1) is 11.0 Å². The lowest BCUT2D eigenvalue weighted by Gasteiger charge is -2.09. The van der Waals surface area contributed by atoms with E-state index in [0.717, 1.165) is 5.56 Å². The topological polar surface area (TPSA) is 52.4 Å². The molecule has 2 aromatic rings. The number of halogens is 2. The lowest BCUT2D eigenvalue weighted by molar-refractivity contribution is -0.385. The van der Waals surface area contributed by atoms with Crippen LogP contribution >= 0.6 is 15.9 Å². The summed E-state index contributed by atoms with van der Waals surface area (Å²) in [5, 5.41) is 10.7. The zero-order chi connectivity index (χ0) is 14.7. The Hall–Kier alpha value is -1.95. The molecule has 0 saturated carbocycles. The molecule has 4 nitrogen and oxygen atoms in total. The van der Waals surface area contributed by atoms with Gasteiger partial charge >= 0.3 is 0 Å². The van der Waals surface area contributed by atoms with Gasteiger partial charge in [-0.3, -0.25) is 10.1 Å². The number of ether oxygens (including phenoxy) is 1. The van der Waals surface area contributed by atoms with Crippen molar-refractivity contribution in [2.24, 2.45) is 0 Å². The number of hydrogen-bond acceptors (Lipinski definition) is 3. The standard InChI is InChI=1S/C14H11BrFNO3/c1-9-2-3-13(17(18)19)7-14(9)20-8-10-4-11(15)6-12(16)5-10/h2-7H,8H2,1H3. The number of hydrogen-bond donors (Lipinski definition) is 0. The number of nitrogens with zero attached hydrogens (tertiary/aromatic N) is 1. The first kappa shape index (κ1) is 14.5. The summed E-state index contributed by atoms with van der Waals surface area (Å²) < 4.78 is 19.4. The second kappa shape index (κ2) is 6.00. The number of benzene rings is 2. The van der Waals surface area contributed by atoms with Crippen LogP contribution in [0.1, 0.15) is 11.1 Å². The molecule has 0 amide bonds. The van der Waals surface area contributed by atoms with Crippen LogP contribution in [0.2, 0.25) is 0 Å². The van der Waals surface area contributed by atoms with E-state index in [1.165, 1.54) is 24.3 Å². The van der Waals surface area contributed by atoms with E-state index in [4.69, 9.17) is 4.74 Å². The molecule has 0 aliphatic carbocycles. The van der Waals surface area contributed by atoms with E-state index in [-0.39, 0.29) is 18.1 Å². The van der Waals surface area contributed by atoms with E-state index < -0.39 is 4.92 Å². The van der Waals surface area contributed by atoms with Gasteiger partial charge in [-0.05, 0) is 42.3 Å². The Kier molecular flexibility index (Phi) is 4.34. The molecule has 0 saturated heterocycles. The molecule has 20 heavy (non-hydrogen) atoms. The van der Waals surface area contributed by atoms with Crippen molar-refractivity contribution in [2.75, 3.05) is 0 Å². The average molecular weight is 340 g/mol. The van der Waals surface area contributed by atoms with Gasteiger partial charge in [-0.25, -0.2) is 4.39 Å². The lowest BCUT2D eigenvalue weighted by atomic mass is 10.2. The molecule has 0 fully saturated rings. The molecular formula is C14H11BrFNO3. The summed E-state index contributed by atoms with van der Waals surface area (Å²) in [6.07, 6.45) is 0. The van der Waals surface area contributed by atoms with E-state index in [1.807, 2.05) is 0 Å². The molecule has 0 unspecified atom stereocenters. The van der Waals surface area contributed by atoms with Crippen molar-refractivity contribution >= 4 is 21.6 Å². The largest absolute Gasteiger partial charge is 0.488 e. The fourth-order valence-corrected chi connectivity index (χ4v) is 2.23. The van der Waals surface area contributed by atoms with Gasteiger partial charge in [0, 0.05) is 10.5 Å². The number of nitro groups is 1. The van der Waals surface area contributed by atoms with Gasteiger partial charge < -0.3 is 4.74 Å². The SMILES string of the molecule is Cc1ccc([N+](=O)[O-])cc1OCc1cc(F)cc(Br)c1. The summed E-state index contributed by atoms with van der Waals surface area (Å²) in [6, 6.07) is 8.84. The average Bonchev–Trinajstić information content (AvgIpc) is 2.36. The van der Waals surface area contributed by atoms with E-state index >= 15 is 0 Å². The van der Waals surface area contributed by atoms with Crippen LogP contribution < -0.4 is 4.74 Å². The summed E-state index contributed by atoms with van der Waals surface area (Å²) in [7, 11) is 0. The highest BCUT2D eigenvalue weighted by Gasteiger charge is 2.10. The van der Waals surface area contributed by atoms with Crippen LogP contribution in [-0.2, 0) is 6.61 Å². The summed E-state index contributed by atoms with van der Waals surface area (Å²) in [6.45, 7) is 1.93. The normalized spacial score (nSPS) is 10.3. The van der Waals surface area contributed by atoms with Crippen LogP contribution in [-0.4, -0.2) is 4.92 Å². The molecule has 0 aromatic heterocycles. The second-order valence-electron chi connectivity index (χ2n) is 4.27. The van der Waals surface area contributed by atoms with Gasteiger partial charge in [0.25, 0.3) is 5.69 Å². The number of aryl methyl sites for hydroxylation is 1. The van der Waals surface area contributed by atoms with Crippen molar-refractivity contribution in [3.05, 3.63) is 67.9 Å². The third-order valence-corrected chi connectivity index (χ3v) is 3.16. The molecule has 0 radical (unpaired) electrons. The van der Waals surface area contributed by atoms with Crippen LogP contribution in [0.15, 0.2) is 40.9 Å². The molecule has 0 aliphatic heterocycles. The van der Waals surface area contributed by atoms with E-state index in [1.54, 1.807) is 19.1 Å². The smallest absolute Gasteiger partial charge is 0.273 e. The summed E-state index contributed by atoms with van der Waals surface area (Å²) in [4.78, 5) is 10.2. The van der Waals surface area contributed by atoms with Gasteiger partial charge in [-0.2, -0.15) is 0 Å². The minimum absolute atomic E-state index is 0.0361. The minimum atomic E-state index is -0.481. The maximum absolute atomic E-state index is 13.2. The predicted molar refractivity (Wildman–Crippen MR) is 76.3 cm³/mol. The lowest BCUT2D eigenvalue weighted by Crippen LogP contribution is -1.99. The third kappa shape index (κ3) is 3.54. The maximum Gasteiger partial charge on any atom is 0.273 e. The quantitative estimate of drug-likeness (QED) is 0.613. The monoisotopic (exact) mass is 339 g/mol. The molecule has 6 heteroatoms. The highest BCUT2D eigenvalue weighted by molar-refractivity contribution is 9.10. The minimum Gasteiger partial charge on any atom is -0.488 e. The Morgan fingerprint density at radius 2 is 2.05 bits per heavy atom. The second-order valence-corrected chi connectivity index (χ2v) is 5.19. The van der Waals surface area contributed by atoms with Gasteiger partial charge in [0.2, 0.25) is 0 Å². The zero-order valence-electron chi connectivity index (χ0n) is 10.6. The Bertz CT molecular complexity index is 641. The summed E-state index contributed by atoms with van der Waals surface area (Å²) in [5.41, 5.74) is 1.39. The van der Waals surface area contributed by atoms with Crippen LogP contribution in [0, 0.1) is 22.9 Å². The first-order chi connectivity index (χ1) is 9.45. The Labute approximate surface area is 123 Å². The van der Waals surface area contributed by atoms with Crippen molar-refractivity contribution in [3.63, 3.8) is 0 Å². The van der Waals surface area contributed by atoms with Crippen LogP contribution in [0.3, 0.4) is 0 Å². The van der Waals surface area contributed by atoms with E-state index in [9.17, 15) is 14.5 Å². The number of non-ortho nitro benzene ring substituents is 1. The zero-order valence-corrected chi connectivity index (χ0v) is 12.2. The highest BCUT2D eigenvalue weighted by Crippen LogP contribution is 2.25. The molecular weight excluding hydrogens is 329 g/mol. The number of nitro benzene ring substituents is 1. The fraction of sp³-hybridized carbons (Fsp3) is 0.143. The van der Waals surface area contributed by atoms with Crippen LogP contribution in [0.5, 0.6) is 5.75 Å². The molecule has 2 rings (SSSR count). The van der Waals surface area contributed by atoms with Crippen LogP contribution in [0.4, 0.5) is 10.1 Å². The van der Waals surface area contributed by atoms with Crippen molar-refractivity contribution in [1.29, 1.82) is 0 Å². The third-order valence-electron chi connectivity index (χ3n) is 2.70. The van der Waals surface area contributed by atoms with Gasteiger partial charge in [-0.1, -0.05) is 15.9 Å². The summed E-state index contributed by atoms with van der Waals surface area (Å²) >= 11 is 3.20. The molecule has 2 aromatic carbocycles. The molecule has 0 aliphatic rings. The van der Waals surface area contributed by atoms with Crippen LogP contribution in [0.25, 0.3) is 0 Å². The summed E-state index contributed by atoms with van der Waals surface area (Å²) in [5.74, 6) is 0.0494. The van der Waals surface area contributed by atoms with Crippen molar-refractivity contribution in [3.8, 4) is 5.75 Å². The molecule has 0 N–H and O–H groups in total. The molecule has 0 heterocycles. The van der Waals surface area contributed by atoms with E-state index in [2.05, 4.69) is 15.9 Å². The first-order valence-electron chi connectivity index (χ1n) is 5.78. The molecule has 0 spiro atoms. The van der Waals surface area contributed by atoms with Gasteiger partial charge in [-0.15, -0.1) is 0 Å². The Balaban J connectivity index is 2.18.